The third kappa shape index (κ3) is 3.90. The Kier molecular flexibility index (Phi) is 5.37. The Hall–Kier alpha value is -3.55. The average molecular weight is 379 g/mol. The molecule has 4 aromatic rings. The predicted octanol–water partition coefficient (Wildman–Crippen LogP) is 6.41. The Balaban J connectivity index is 1.87. The third-order valence-electron chi connectivity index (χ3n) is 4.33. The highest BCUT2D eigenvalue weighted by molar-refractivity contribution is 8.00. The van der Waals surface area contributed by atoms with Gasteiger partial charge >= 0.3 is 0 Å². The zero-order valence-electron chi connectivity index (χ0n) is 15.0. The summed E-state index contributed by atoms with van der Waals surface area (Å²) in [7, 11) is 0. The van der Waals surface area contributed by atoms with E-state index in [-0.39, 0.29) is 0 Å². The zero-order valence-corrected chi connectivity index (χ0v) is 15.9. The van der Waals surface area contributed by atoms with Crippen LogP contribution < -0.4 is 4.72 Å². The van der Waals surface area contributed by atoms with Crippen LogP contribution in [0, 0.1) is 11.3 Å². The number of nitrogens with zero attached hydrogens (tertiary/aromatic N) is 2. The van der Waals surface area contributed by atoms with Gasteiger partial charge in [-0.3, -0.25) is 0 Å². The smallest absolute Gasteiger partial charge is 0.116 e. The highest BCUT2D eigenvalue weighted by Crippen LogP contribution is 2.40. The van der Waals surface area contributed by atoms with Crippen molar-refractivity contribution in [1.29, 1.82) is 5.26 Å². The molecule has 0 atom stereocenters. The molecule has 1 N–H and O–H groups in total. The van der Waals surface area contributed by atoms with Crippen LogP contribution in [0.2, 0.25) is 0 Å². The third-order valence-corrected chi connectivity index (χ3v) is 5.09. The molecule has 3 aromatic carbocycles. The Bertz CT molecular complexity index is 1040. The van der Waals surface area contributed by atoms with Crippen molar-refractivity contribution in [3.8, 4) is 28.3 Å². The van der Waals surface area contributed by atoms with Crippen LogP contribution in [0.5, 0.6) is 0 Å². The van der Waals surface area contributed by atoms with Crippen molar-refractivity contribution in [1.82, 2.24) is 4.98 Å². The molecule has 0 radical (unpaired) electrons. The van der Waals surface area contributed by atoms with Gasteiger partial charge in [0, 0.05) is 29.3 Å². The Morgan fingerprint density at radius 3 is 1.82 bits per heavy atom. The van der Waals surface area contributed by atoms with Crippen molar-refractivity contribution in [2.24, 2.45) is 0 Å². The summed E-state index contributed by atoms with van der Waals surface area (Å²) in [5.41, 5.74) is 5.68. The fraction of sp³-hybridized carbons (Fsp3) is 0. The molecule has 1 heterocycles. The van der Waals surface area contributed by atoms with Crippen LogP contribution in [-0.4, -0.2) is 4.98 Å². The summed E-state index contributed by atoms with van der Waals surface area (Å²) in [6.45, 7) is 0. The molecule has 4 rings (SSSR count). The van der Waals surface area contributed by atoms with Gasteiger partial charge in [0.15, 0.2) is 0 Å². The Labute approximate surface area is 168 Å². The molecular weight excluding hydrogens is 362 g/mol. The second-order valence-corrected chi connectivity index (χ2v) is 6.99. The molecule has 0 saturated carbocycles. The SMILES string of the molecule is N#Cc1cc(-c2ccccc2)c(NSc2ccccn2)c(-c2ccccc2)c1. The van der Waals surface area contributed by atoms with E-state index in [1.807, 2.05) is 66.7 Å². The van der Waals surface area contributed by atoms with Crippen molar-refractivity contribution in [2.45, 2.75) is 5.03 Å². The van der Waals surface area contributed by atoms with Gasteiger partial charge in [-0.15, -0.1) is 0 Å². The van der Waals surface area contributed by atoms with Crippen LogP contribution >= 0.6 is 11.9 Å². The van der Waals surface area contributed by atoms with E-state index in [9.17, 15) is 5.26 Å². The zero-order chi connectivity index (χ0) is 19.2. The number of nitriles is 1. The van der Waals surface area contributed by atoms with Gasteiger partial charge in [-0.25, -0.2) is 4.98 Å². The molecule has 3 nitrogen and oxygen atoms in total. The van der Waals surface area contributed by atoms with Gasteiger partial charge in [-0.1, -0.05) is 66.7 Å². The summed E-state index contributed by atoms with van der Waals surface area (Å²) in [5, 5.41) is 10.5. The number of hydrogen-bond donors (Lipinski definition) is 1. The topological polar surface area (TPSA) is 48.7 Å². The first-order valence-corrected chi connectivity index (χ1v) is 9.69. The van der Waals surface area contributed by atoms with Crippen LogP contribution in [0.15, 0.2) is 102 Å². The largest absolute Gasteiger partial charge is 0.323 e. The van der Waals surface area contributed by atoms with E-state index in [4.69, 9.17) is 0 Å². The Morgan fingerprint density at radius 1 is 0.750 bits per heavy atom. The molecule has 134 valence electrons. The number of anilines is 1. The van der Waals surface area contributed by atoms with E-state index in [1.165, 1.54) is 11.9 Å². The first-order valence-electron chi connectivity index (χ1n) is 8.88. The number of nitrogens with one attached hydrogen (secondary N) is 1. The standard InChI is InChI=1S/C24H17N3S/c25-17-18-15-21(19-9-3-1-4-10-19)24(27-28-23-13-7-8-14-26-23)22(16-18)20-11-5-2-6-12-20/h1-16,27H. The van der Waals surface area contributed by atoms with Crippen LogP contribution in [0.1, 0.15) is 5.56 Å². The van der Waals surface area contributed by atoms with E-state index in [1.54, 1.807) is 6.20 Å². The molecule has 0 spiro atoms. The molecule has 4 heteroatoms. The van der Waals surface area contributed by atoms with Crippen LogP contribution in [0.3, 0.4) is 0 Å². The maximum Gasteiger partial charge on any atom is 0.116 e. The van der Waals surface area contributed by atoms with Gasteiger partial charge in [-0.05, 0) is 35.4 Å². The number of rotatable bonds is 5. The van der Waals surface area contributed by atoms with Gasteiger partial charge in [-0.2, -0.15) is 5.26 Å². The monoisotopic (exact) mass is 379 g/mol. The second kappa shape index (κ2) is 8.43. The van der Waals surface area contributed by atoms with Crippen LogP contribution in [0.4, 0.5) is 5.69 Å². The minimum Gasteiger partial charge on any atom is -0.323 e. The van der Waals surface area contributed by atoms with E-state index in [0.717, 1.165) is 33.0 Å². The highest BCUT2D eigenvalue weighted by Gasteiger charge is 2.15. The van der Waals surface area contributed by atoms with E-state index in [0.29, 0.717) is 5.56 Å². The lowest BCUT2D eigenvalue weighted by Gasteiger charge is -2.17. The van der Waals surface area contributed by atoms with E-state index in [2.05, 4.69) is 40.0 Å². The van der Waals surface area contributed by atoms with E-state index >= 15 is 0 Å². The van der Waals surface area contributed by atoms with Gasteiger partial charge in [0.25, 0.3) is 0 Å². The van der Waals surface area contributed by atoms with Crippen molar-refractivity contribution >= 4 is 17.6 Å². The molecule has 0 bridgehead atoms. The molecule has 0 aliphatic rings. The predicted molar refractivity (Wildman–Crippen MR) is 116 cm³/mol. The average Bonchev–Trinajstić information content (AvgIpc) is 2.79. The first-order chi connectivity index (χ1) is 13.8. The lowest BCUT2D eigenvalue weighted by Crippen LogP contribution is -1.97. The maximum absolute atomic E-state index is 9.59. The van der Waals surface area contributed by atoms with Crippen molar-refractivity contribution in [3.63, 3.8) is 0 Å². The number of aromatic nitrogens is 1. The summed E-state index contributed by atoms with van der Waals surface area (Å²) < 4.78 is 3.49. The molecule has 0 aliphatic carbocycles. The minimum atomic E-state index is 0.631. The molecule has 0 amide bonds. The summed E-state index contributed by atoms with van der Waals surface area (Å²) in [6.07, 6.45) is 1.78. The molecule has 0 saturated heterocycles. The number of pyridine rings is 1. The Morgan fingerprint density at radius 2 is 1.32 bits per heavy atom. The molecule has 1 aromatic heterocycles. The molecule has 0 aliphatic heterocycles. The van der Waals surface area contributed by atoms with Gasteiger partial charge < -0.3 is 4.72 Å². The van der Waals surface area contributed by atoms with Gasteiger partial charge in [0.2, 0.25) is 0 Å². The fourth-order valence-corrected chi connectivity index (χ4v) is 3.70. The van der Waals surface area contributed by atoms with Gasteiger partial charge in [0.05, 0.1) is 17.3 Å². The summed E-state index contributed by atoms with van der Waals surface area (Å²) >= 11 is 1.46. The highest BCUT2D eigenvalue weighted by atomic mass is 32.2. The van der Waals surface area contributed by atoms with E-state index < -0.39 is 0 Å². The maximum atomic E-state index is 9.59. The van der Waals surface area contributed by atoms with Crippen molar-refractivity contribution in [3.05, 3.63) is 103 Å². The first kappa shape index (κ1) is 17.8. The lowest BCUT2D eigenvalue weighted by atomic mass is 9.94. The molecule has 0 unspecified atom stereocenters. The number of hydrogen-bond acceptors (Lipinski definition) is 4. The summed E-state index contributed by atoms with van der Waals surface area (Å²) in [4.78, 5) is 4.38. The second-order valence-electron chi connectivity index (χ2n) is 6.16. The minimum absolute atomic E-state index is 0.631. The fourth-order valence-electron chi connectivity index (χ4n) is 3.02. The van der Waals surface area contributed by atoms with Crippen molar-refractivity contribution < 1.29 is 0 Å². The number of benzene rings is 3. The van der Waals surface area contributed by atoms with Crippen molar-refractivity contribution in [2.75, 3.05) is 4.72 Å². The quantitative estimate of drug-likeness (QED) is 0.407. The summed E-state index contributed by atoms with van der Waals surface area (Å²) in [5.74, 6) is 0. The summed E-state index contributed by atoms with van der Waals surface area (Å²) in [6, 6.07) is 32.2. The van der Waals surface area contributed by atoms with Crippen LogP contribution in [-0.2, 0) is 0 Å². The molecule has 28 heavy (non-hydrogen) atoms. The normalized spacial score (nSPS) is 10.2. The van der Waals surface area contributed by atoms with Crippen LogP contribution in [0.25, 0.3) is 22.3 Å². The molecular formula is C24H17N3S. The molecule has 0 fully saturated rings. The lowest BCUT2D eigenvalue weighted by molar-refractivity contribution is 1.14. The van der Waals surface area contributed by atoms with Gasteiger partial charge in [0.1, 0.15) is 5.03 Å².